The second-order valence-corrected chi connectivity index (χ2v) is 3.68. The molecule has 0 unspecified atom stereocenters. The van der Waals surface area contributed by atoms with Gasteiger partial charge in [0.2, 0.25) is 0 Å². The lowest BCUT2D eigenvalue weighted by Gasteiger charge is -2.00. The average Bonchev–Trinajstić information content (AvgIpc) is 2.43. The van der Waals surface area contributed by atoms with Gasteiger partial charge in [-0.2, -0.15) is 5.10 Å². The number of amides is 1. The predicted octanol–water partition coefficient (Wildman–Crippen LogP) is 1.26. The number of rotatable bonds is 3. The summed E-state index contributed by atoms with van der Waals surface area (Å²) in [4.78, 5) is 15.4. The highest BCUT2D eigenvalue weighted by molar-refractivity contribution is 5.94. The first-order chi connectivity index (χ1) is 9.16. The van der Waals surface area contributed by atoms with Crippen LogP contribution in [0.15, 0.2) is 47.8 Å². The highest BCUT2D eigenvalue weighted by atomic mass is 16.3. The number of phenolic OH excluding ortho intramolecular Hbond substituents is 2. The number of carbonyl (C=O) groups excluding carboxylic acids is 1. The lowest BCUT2D eigenvalue weighted by atomic mass is 10.2. The van der Waals surface area contributed by atoms with Crippen LogP contribution in [0.2, 0.25) is 0 Å². The molecule has 0 fully saturated rings. The van der Waals surface area contributed by atoms with Crippen LogP contribution in [0.1, 0.15) is 15.9 Å². The zero-order chi connectivity index (χ0) is 13.7. The van der Waals surface area contributed by atoms with Gasteiger partial charge in [-0.25, -0.2) is 5.43 Å². The standard InChI is InChI=1S/C13H11N3O3/c17-11-1-2-12(18)10(7-11)8-15-16-13(19)9-3-5-14-6-4-9/h1-8,17-18H,(H,16,19)/b15-8+. The first-order valence-corrected chi connectivity index (χ1v) is 5.42. The average molecular weight is 257 g/mol. The van der Waals surface area contributed by atoms with Crippen molar-refractivity contribution >= 4 is 12.1 Å². The van der Waals surface area contributed by atoms with Crippen molar-refractivity contribution in [2.24, 2.45) is 5.10 Å². The first-order valence-electron chi connectivity index (χ1n) is 5.42. The molecule has 0 aliphatic carbocycles. The molecule has 3 N–H and O–H groups in total. The van der Waals surface area contributed by atoms with E-state index < -0.39 is 5.91 Å². The number of pyridine rings is 1. The normalized spacial score (nSPS) is 10.5. The van der Waals surface area contributed by atoms with Crippen LogP contribution in [-0.2, 0) is 0 Å². The van der Waals surface area contributed by atoms with Crippen LogP contribution in [0.3, 0.4) is 0 Å². The van der Waals surface area contributed by atoms with E-state index in [9.17, 15) is 15.0 Å². The first kappa shape index (κ1) is 12.6. The Morgan fingerprint density at radius 1 is 1.21 bits per heavy atom. The molecule has 96 valence electrons. The highest BCUT2D eigenvalue weighted by Gasteiger charge is 2.03. The summed E-state index contributed by atoms with van der Waals surface area (Å²) < 4.78 is 0. The largest absolute Gasteiger partial charge is 0.508 e. The van der Waals surface area contributed by atoms with Crippen molar-refractivity contribution < 1.29 is 15.0 Å². The van der Waals surface area contributed by atoms with Gasteiger partial charge >= 0.3 is 0 Å². The van der Waals surface area contributed by atoms with Gasteiger partial charge in [0.05, 0.1) is 6.21 Å². The van der Waals surface area contributed by atoms with E-state index in [-0.39, 0.29) is 11.5 Å². The fourth-order valence-electron chi connectivity index (χ4n) is 1.37. The molecule has 0 bridgehead atoms. The van der Waals surface area contributed by atoms with E-state index in [0.29, 0.717) is 11.1 Å². The molecule has 0 aliphatic rings. The number of benzene rings is 1. The van der Waals surface area contributed by atoms with Crippen molar-refractivity contribution in [2.45, 2.75) is 0 Å². The third kappa shape index (κ3) is 3.29. The van der Waals surface area contributed by atoms with Crippen molar-refractivity contribution in [1.29, 1.82) is 0 Å². The molecule has 1 aromatic heterocycles. The quantitative estimate of drug-likeness (QED) is 0.438. The van der Waals surface area contributed by atoms with E-state index in [2.05, 4.69) is 15.5 Å². The van der Waals surface area contributed by atoms with Crippen LogP contribution in [0.25, 0.3) is 0 Å². The molecule has 0 saturated carbocycles. The summed E-state index contributed by atoms with van der Waals surface area (Å²) in [6.07, 6.45) is 4.24. The summed E-state index contributed by atoms with van der Waals surface area (Å²) in [5.41, 5.74) is 3.03. The summed E-state index contributed by atoms with van der Waals surface area (Å²) in [5.74, 6) is -0.433. The number of hydrogen-bond acceptors (Lipinski definition) is 5. The third-order valence-electron chi connectivity index (χ3n) is 2.32. The number of aromatic hydroxyl groups is 2. The second-order valence-electron chi connectivity index (χ2n) is 3.68. The van der Waals surface area contributed by atoms with Crippen molar-refractivity contribution in [1.82, 2.24) is 10.4 Å². The van der Waals surface area contributed by atoms with E-state index in [4.69, 9.17) is 0 Å². The number of hydrogen-bond donors (Lipinski definition) is 3. The number of carbonyl (C=O) groups is 1. The maximum absolute atomic E-state index is 11.6. The molecule has 0 radical (unpaired) electrons. The minimum absolute atomic E-state index is 0.000268. The van der Waals surface area contributed by atoms with Gasteiger partial charge in [-0.3, -0.25) is 9.78 Å². The lowest BCUT2D eigenvalue weighted by Crippen LogP contribution is -2.17. The van der Waals surface area contributed by atoms with Gasteiger partial charge in [-0.05, 0) is 30.3 Å². The van der Waals surface area contributed by atoms with Gasteiger partial charge in [-0.15, -0.1) is 0 Å². The number of nitrogens with zero attached hydrogens (tertiary/aromatic N) is 2. The molecular weight excluding hydrogens is 246 g/mol. The topological polar surface area (TPSA) is 94.8 Å². The Morgan fingerprint density at radius 3 is 2.68 bits per heavy atom. The molecule has 1 heterocycles. The van der Waals surface area contributed by atoms with E-state index in [0.717, 1.165) is 0 Å². The summed E-state index contributed by atoms with van der Waals surface area (Å²) in [5, 5.41) is 22.5. The Morgan fingerprint density at radius 2 is 1.95 bits per heavy atom. The summed E-state index contributed by atoms with van der Waals surface area (Å²) in [6.45, 7) is 0. The maximum Gasteiger partial charge on any atom is 0.271 e. The maximum atomic E-state index is 11.6. The van der Waals surface area contributed by atoms with Crippen molar-refractivity contribution in [3.8, 4) is 11.5 Å². The number of phenols is 2. The van der Waals surface area contributed by atoms with Crippen molar-refractivity contribution in [2.75, 3.05) is 0 Å². The van der Waals surface area contributed by atoms with Crippen LogP contribution in [0.4, 0.5) is 0 Å². The Hall–Kier alpha value is -2.89. The number of nitrogens with one attached hydrogen (secondary N) is 1. The SMILES string of the molecule is O=C(N/N=C/c1cc(O)ccc1O)c1ccncc1. The highest BCUT2D eigenvalue weighted by Crippen LogP contribution is 2.19. The van der Waals surface area contributed by atoms with Gasteiger partial charge in [0.15, 0.2) is 0 Å². The van der Waals surface area contributed by atoms with Crippen LogP contribution < -0.4 is 5.43 Å². The van der Waals surface area contributed by atoms with Crippen LogP contribution in [-0.4, -0.2) is 27.3 Å². The fraction of sp³-hybridized carbons (Fsp3) is 0. The van der Waals surface area contributed by atoms with Crippen molar-refractivity contribution in [3.05, 3.63) is 53.9 Å². The minimum Gasteiger partial charge on any atom is -0.508 e. The molecule has 0 atom stereocenters. The third-order valence-corrected chi connectivity index (χ3v) is 2.32. The molecule has 6 heteroatoms. The number of aromatic nitrogens is 1. The Kier molecular flexibility index (Phi) is 3.72. The van der Waals surface area contributed by atoms with Gasteiger partial charge < -0.3 is 10.2 Å². The van der Waals surface area contributed by atoms with Gasteiger partial charge in [0.1, 0.15) is 11.5 Å². The molecule has 0 spiro atoms. The van der Waals surface area contributed by atoms with Gasteiger partial charge in [0, 0.05) is 23.5 Å². The Balaban J connectivity index is 2.04. The van der Waals surface area contributed by atoms with E-state index >= 15 is 0 Å². The van der Waals surface area contributed by atoms with Crippen LogP contribution in [0, 0.1) is 0 Å². The Bertz CT molecular complexity index is 612. The predicted molar refractivity (Wildman–Crippen MR) is 69.1 cm³/mol. The number of hydrazone groups is 1. The zero-order valence-corrected chi connectivity index (χ0v) is 9.82. The molecule has 1 amide bonds. The van der Waals surface area contributed by atoms with Gasteiger partial charge in [0.25, 0.3) is 5.91 Å². The van der Waals surface area contributed by atoms with Crippen LogP contribution in [0.5, 0.6) is 11.5 Å². The van der Waals surface area contributed by atoms with Gasteiger partial charge in [-0.1, -0.05) is 0 Å². The molecule has 0 saturated heterocycles. The van der Waals surface area contributed by atoms with E-state index in [1.165, 1.54) is 36.8 Å². The summed E-state index contributed by atoms with van der Waals surface area (Å²) >= 11 is 0. The van der Waals surface area contributed by atoms with E-state index in [1.54, 1.807) is 12.1 Å². The monoisotopic (exact) mass is 257 g/mol. The van der Waals surface area contributed by atoms with Crippen molar-refractivity contribution in [3.63, 3.8) is 0 Å². The smallest absolute Gasteiger partial charge is 0.271 e. The molecule has 19 heavy (non-hydrogen) atoms. The molecular formula is C13H11N3O3. The van der Waals surface area contributed by atoms with Crippen LogP contribution >= 0.6 is 0 Å². The summed E-state index contributed by atoms with van der Waals surface area (Å²) in [6, 6.07) is 7.12. The molecule has 2 rings (SSSR count). The molecule has 1 aromatic carbocycles. The zero-order valence-electron chi connectivity index (χ0n) is 9.82. The lowest BCUT2D eigenvalue weighted by molar-refractivity contribution is 0.0955. The summed E-state index contributed by atoms with van der Waals surface area (Å²) in [7, 11) is 0. The fourth-order valence-corrected chi connectivity index (χ4v) is 1.37. The molecule has 6 nitrogen and oxygen atoms in total. The Labute approximate surface area is 109 Å². The second kappa shape index (κ2) is 5.63. The minimum atomic E-state index is -0.390. The molecule has 2 aromatic rings. The van der Waals surface area contributed by atoms with E-state index in [1.807, 2.05) is 0 Å². The molecule has 0 aliphatic heterocycles.